The van der Waals surface area contributed by atoms with Crippen molar-refractivity contribution >= 4 is 11.9 Å². The molecule has 0 aromatic carbocycles. The first-order valence-electron chi connectivity index (χ1n) is 8.09. The van der Waals surface area contributed by atoms with Crippen molar-refractivity contribution in [3.63, 3.8) is 0 Å². The second kappa shape index (κ2) is 8.01. The molecule has 2 rings (SSSR count). The zero-order valence-corrected chi connectivity index (χ0v) is 13.3. The minimum absolute atomic E-state index is 0.0437. The molecule has 1 fully saturated rings. The number of carbonyl (C=O) groups is 2. The molecule has 122 valence electrons. The van der Waals surface area contributed by atoms with Crippen LogP contribution >= 0.6 is 0 Å². The molecule has 0 radical (unpaired) electrons. The van der Waals surface area contributed by atoms with Gasteiger partial charge in [-0.15, -0.1) is 0 Å². The van der Waals surface area contributed by atoms with E-state index in [4.69, 9.17) is 9.15 Å². The Bertz CT molecular complexity index is 475. The number of amides is 1. The van der Waals surface area contributed by atoms with E-state index in [1.165, 1.54) is 25.5 Å². The maximum absolute atomic E-state index is 12.3. The van der Waals surface area contributed by atoms with Crippen LogP contribution in [0.3, 0.4) is 0 Å². The average molecular weight is 307 g/mol. The number of hydrogen-bond donors (Lipinski definition) is 1. The Hall–Kier alpha value is -1.78. The number of esters is 1. The highest BCUT2D eigenvalue weighted by Gasteiger charge is 2.27. The predicted molar refractivity (Wildman–Crippen MR) is 82.3 cm³/mol. The van der Waals surface area contributed by atoms with Gasteiger partial charge in [-0.2, -0.15) is 0 Å². The third-order valence-electron chi connectivity index (χ3n) is 4.14. The first-order chi connectivity index (χ1) is 10.6. The molecule has 1 aromatic rings. The van der Waals surface area contributed by atoms with E-state index >= 15 is 0 Å². The van der Waals surface area contributed by atoms with Crippen LogP contribution in [0.5, 0.6) is 0 Å². The molecule has 1 atom stereocenters. The summed E-state index contributed by atoms with van der Waals surface area (Å²) < 4.78 is 10.5. The lowest BCUT2D eigenvalue weighted by Crippen LogP contribution is -2.45. The number of rotatable bonds is 6. The first kappa shape index (κ1) is 16.6. The maximum atomic E-state index is 12.3. The zero-order chi connectivity index (χ0) is 15.9. The second-order valence-electron chi connectivity index (χ2n) is 6.31. The van der Waals surface area contributed by atoms with Crippen molar-refractivity contribution in [1.29, 1.82) is 0 Å². The van der Waals surface area contributed by atoms with Crippen LogP contribution in [-0.4, -0.2) is 24.5 Å². The maximum Gasteiger partial charge on any atom is 0.328 e. The van der Waals surface area contributed by atoms with Crippen molar-refractivity contribution < 1.29 is 18.7 Å². The predicted octanol–water partition coefficient (Wildman–Crippen LogP) is 3.16. The molecule has 0 saturated heterocycles. The summed E-state index contributed by atoms with van der Waals surface area (Å²) in [5.74, 6) is -0.131. The Morgan fingerprint density at radius 1 is 1.32 bits per heavy atom. The van der Waals surface area contributed by atoms with E-state index < -0.39 is 11.9 Å². The fourth-order valence-corrected chi connectivity index (χ4v) is 2.76. The van der Waals surface area contributed by atoms with Crippen molar-refractivity contribution in [2.45, 2.75) is 52.0 Å². The standard InChI is InChI=1S/C17H25NO4/c1-12(2)15(18-16(19)14-9-6-10-21-14)17(20)22-11-13-7-4-3-5-8-13/h6,9-10,12-13,15H,3-5,7-8,11H2,1-2H3,(H,18,19)/t15-/m0/s1. The Morgan fingerprint density at radius 2 is 2.05 bits per heavy atom. The van der Waals surface area contributed by atoms with Gasteiger partial charge in [0.25, 0.3) is 5.91 Å². The van der Waals surface area contributed by atoms with E-state index in [1.807, 2.05) is 13.8 Å². The minimum atomic E-state index is -0.652. The summed E-state index contributed by atoms with van der Waals surface area (Å²) in [5.41, 5.74) is 0. The lowest BCUT2D eigenvalue weighted by atomic mass is 9.90. The Kier molecular flexibility index (Phi) is 6.04. The zero-order valence-electron chi connectivity index (χ0n) is 13.3. The van der Waals surface area contributed by atoms with Crippen LogP contribution in [0.4, 0.5) is 0 Å². The van der Waals surface area contributed by atoms with E-state index in [0.717, 1.165) is 12.8 Å². The van der Waals surface area contributed by atoms with Gasteiger partial charge in [0.1, 0.15) is 6.04 Å². The van der Waals surface area contributed by atoms with Gasteiger partial charge in [0.05, 0.1) is 12.9 Å². The van der Waals surface area contributed by atoms with Crippen LogP contribution in [0.2, 0.25) is 0 Å². The van der Waals surface area contributed by atoms with E-state index in [0.29, 0.717) is 12.5 Å². The van der Waals surface area contributed by atoms with Gasteiger partial charge in [-0.3, -0.25) is 4.79 Å². The van der Waals surface area contributed by atoms with Crippen molar-refractivity contribution in [2.75, 3.05) is 6.61 Å². The smallest absolute Gasteiger partial charge is 0.328 e. The normalized spacial score (nSPS) is 17.2. The molecule has 5 heteroatoms. The number of ether oxygens (including phenoxy) is 1. The van der Waals surface area contributed by atoms with E-state index in [-0.39, 0.29) is 17.6 Å². The summed E-state index contributed by atoms with van der Waals surface area (Å²) >= 11 is 0. The number of furan rings is 1. The third-order valence-corrected chi connectivity index (χ3v) is 4.14. The number of carbonyl (C=O) groups excluding carboxylic acids is 2. The molecular formula is C17H25NO4. The van der Waals surface area contributed by atoms with Crippen LogP contribution in [0.15, 0.2) is 22.8 Å². The summed E-state index contributed by atoms with van der Waals surface area (Å²) in [6.07, 6.45) is 7.38. The molecule has 1 amide bonds. The number of hydrogen-bond acceptors (Lipinski definition) is 4. The highest BCUT2D eigenvalue weighted by Crippen LogP contribution is 2.24. The lowest BCUT2D eigenvalue weighted by molar-refractivity contribution is -0.148. The Labute approximate surface area is 131 Å². The second-order valence-corrected chi connectivity index (χ2v) is 6.31. The molecule has 0 unspecified atom stereocenters. The summed E-state index contributed by atoms with van der Waals surface area (Å²) in [5, 5.41) is 2.70. The molecule has 22 heavy (non-hydrogen) atoms. The van der Waals surface area contributed by atoms with Gasteiger partial charge >= 0.3 is 5.97 Å². The van der Waals surface area contributed by atoms with Gasteiger partial charge in [0.2, 0.25) is 0 Å². The SMILES string of the molecule is CC(C)[C@H](NC(=O)c1ccco1)C(=O)OCC1CCCCC1. The quantitative estimate of drug-likeness (QED) is 0.820. The molecule has 1 heterocycles. The molecule has 0 bridgehead atoms. The van der Waals surface area contributed by atoms with E-state index in [9.17, 15) is 9.59 Å². The lowest BCUT2D eigenvalue weighted by Gasteiger charge is -2.24. The molecule has 1 saturated carbocycles. The highest BCUT2D eigenvalue weighted by atomic mass is 16.5. The fraction of sp³-hybridized carbons (Fsp3) is 0.647. The van der Waals surface area contributed by atoms with E-state index in [2.05, 4.69) is 5.32 Å². The van der Waals surface area contributed by atoms with Crippen molar-refractivity contribution in [3.8, 4) is 0 Å². The molecule has 0 aliphatic heterocycles. The minimum Gasteiger partial charge on any atom is -0.464 e. The summed E-state index contributed by atoms with van der Waals surface area (Å²) in [4.78, 5) is 24.3. The molecule has 1 N–H and O–H groups in total. The van der Waals surface area contributed by atoms with Crippen molar-refractivity contribution in [3.05, 3.63) is 24.2 Å². The van der Waals surface area contributed by atoms with Crippen molar-refractivity contribution in [1.82, 2.24) is 5.32 Å². The summed E-state index contributed by atoms with van der Waals surface area (Å²) in [6.45, 7) is 4.22. The van der Waals surface area contributed by atoms with Gasteiger partial charge in [-0.25, -0.2) is 4.79 Å². The molecule has 0 spiro atoms. The Balaban J connectivity index is 1.86. The van der Waals surface area contributed by atoms with Gasteiger partial charge in [0.15, 0.2) is 5.76 Å². The molecule has 5 nitrogen and oxygen atoms in total. The van der Waals surface area contributed by atoms with Crippen LogP contribution in [0, 0.1) is 11.8 Å². The summed E-state index contributed by atoms with van der Waals surface area (Å²) in [7, 11) is 0. The third kappa shape index (κ3) is 4.61. The Morgan fingerprint density at radius 3 is 2.64 bits per heavy atom. The fourth-order valence-electron chi connectivity index (χ4n) is 2.76. The van der Waals surface area contributed by atoms with Gasteiger partial charge in [-0.05, 0) is 36.8 Å². The molecule has 1 aromatic heterocycles. The van der Waals surface area contributed by atoms with Crippen LogP contribution in [0.25, 0.3) is 0 Å². The van der Waals surface area contributed by atoms with Gasteiger partial charge < -0.3 is 14.5 Å². The molecular weight excluding hydrogens is 282 g/mol. The van der Waals surface area contributed by atoms with Gasteiger partial charge in [-0.1, -0.05) is 33.1 Å². The number of nitrogens with one attached hydrogen (secondary N) is 1. The monoisotopic (exact) mass is 307 g/mol. The van der Waals surface area contributed by atoms with E-state index in [1.54, 1.807) is 12.1 Å². The topological polar surface area (TPSA) is 68.5 Å². The van der Waals surface area contributed by atoms with Crippen LogP contribution < -0.4 is 5.32 Å². The molecule has 1 aliphatic rings. The molecule has 1 aliphatic carbocycles. The van der Waals surface area contributed by atoms with Crippen LogP contribution in [-0.2, 0) is 9.53 Å². The van der Waals surface area contributed by atoms with Crippen LogP contribution in [0.1, 0.15) is 56.5 Å². The van der Waals surface area contributed by atoms with Crippen molar-refractivity contribution in [2.24, 2.45) is 11.8 Å². The van der Waals surface area contributed by atoms with Gasteiger partial charge in [0, 0.05) is 0 Å². The largest absolute Gasteiger partial charge is 0.464 e. The first-order valence-corrected chi connectivity index (χ1v) is 8.09. The highest BCUT2D eigenvalue weighted by molar-refractivity contribution is 5.94. The summed E-state index contributed by atoms with van der Waals surface area (Å²) in [6, 6.07) is 2.56. The average Bonchev–Trinajstić information content (AvgIpc) is 3.05.